The molecule has 0 radical (unpaired) electrons. The van der Waals surface area contributed by atoms with Crippen LogP contribution in [0.3, 0.4) is 0 Å². The number of ketones is 1. The molecule has 2 aromatic carbocycles. The molecular weight excluding hydrogens is 384 g/mol. The van der Waals surface area contributed by atoms with Crippen molar-refractivity contribution in [3.8, 4) is 0 Å². The molecular formula is C19H18N2O4S2. The number of benzene rings is 2. The van der Waals surface area contributed by atoms with Crippen LogP contribution < -0.4 is 9.62 Å². The highest BCUT2D eigenvalue weighted by Crippen LogP contribution is 2.46. The van der Waals surface area contributed by atoms with Crippen LogP contribution >= 0.6 is 11.8 Å². The maximum absolute atomic E-state index is 13.0. The molecule has 4 rings (SSSR count). The number of sulfonamides is 1. The summed E-state index contributed by atoms with van der Waals surface area (Å²) in [5.41, 5.74) is 2.02. The first-order valence-corrected chi connectivity index (χ1v) is 10.9. The van der Waals surface area contributed by atoms with Gasteiger partial charge in [0.2, 0.25) is 5.91 Å². The average molecular weight is 402 g/mol. The molecule has 1 N–H and O–H groups in total. The molecule has 1 amide bonds. The van der Waals surface area contributed by atoms with E-state index in [1.54, 1.807) is 47.0 Å². The lowest BCUT2D eigenvalue weighted by Gasteiger charge is -2.29. The van der Waals surface area contributed by atoms with Crippen molar-refractivity contribution in [2.75, 3.05) is 16.2 Å². The Morgan fingerprint density at radius 3 is 2.78 bits per heavy atom. The zero-order valence-electron chi connectivity index (χ0n) is 14.9. The summed E-state index contributed by atoms with van der Waals surface area (Å²) >= 11 is 1.65. The fourth-order valence-corrected chi connectivity index (χ4v) is 5.93. The van der Waals surface area contributed by atoms with Gasteiger partial charge in [-0.2, -0.15) is 0 Å². The van der Waals surface area contributed by atoms with Crippen LogP contribution in [-0.2, 0) is 21.2 Å². The Labute approximate surface area is 162 Å². The van der Waals surface area contributed by atoms with Gasteiger partial charge in [0.1, 0.15) is 0 Å². The molecule has 2 aromatic rings. The summed E-state index contributed by atoms with van der Waals surface area (Å²) < 4.78 is 28.5. The molecule has 0 spiro atoms. The second-order valence-corrected chi connectivity index (χ2v) is 9.87. The minimum Gasteiger partial charge on any atom is -0.310 e. The molecule has 0 aliphatic carbocycles. The van der Waals surface area contributed by atoms with Crippen LogP contribution in [0, 0.1) is 0 Å². The molecule has 27 heavy (non-hydrogen) atoms. The van der Waals surface area contributed by atoms with Gasteiger partial charge in [0, 0.05) is 33.5 Å². The first kappa shape index (κ1) is 18.1. The number of thioether (sulfide) groups is 1. The first-order chi connectivity index (χ1) is 12.8. The summed E-state index contributed by atoms with van der Waals surface area (Å²) in [6, 6.07) is 9.69. The lowest BCUT2D eigenvalue weighted by Crippen LogP contribution is -2.35. The number of nitrogens with one attached hydrogen (secondary N) is 1. The summed E-state index contributed by atoms with van der Waals surface area (Å²) in [7, 11) is -3.89. The number of Topliss-reactive ketones (excluding diaryl/α,β-unsaturated/α-hetero) is 1. The summed E-state index contributed by atoms with van der Waals surface area (Å²) in [4.78, 5) is 26.7. The monoisotopic (exact) mass is 402 g/mol. The highest BCUT2D eigenvalue weighted by Gasteiger charge is 2.38. The van der Waals surface area contributed by atoms with E-state index in [1.807, 2.05) is 6.92 Å². The summed E-state index contributed by atoms with van der Waals surface area (Å²) in [6.45, 7) is 4.06. The Morgan fingerprint density at radius 1 is 1.26 bits per heavy atom. The lowest BCUT2D eigenvalue weighted by molar-refractivity contribution is -0.117. The maximum Gasteiger partial charge on any atom is 0.262 e. The number of rotatable bonds is 4. The molecule has 2 aliphatic rings. The predicted octanol–water partition coefficient (Wildman–Crippen LogP) is 3.07. The Bertz CT molecular complexity index is 1080. The quantitative estimate of drug-likeness (QED) is 0.795. The molecule has 2 aliphatic heterocycles. The Kier molecular flexibility index (Phi) is 4.27. The van der Waals surface area contributed by atoms with Crippen molar-refractivity contribution >= 4 is 44.9 Å². The molecule has 6 nitrogen and oxygen atoms in total. The van der Waals surface area contributed by atoms with Gasteiger partial charge in [-0.1, -0.05) is 19.1 Å². The molecule has 0 bridgehead atoms. The van der Waals surface area contributed by atoms with Gasteiger partial charge in [-0.25, -0.2) is 8.42 Å². The fraction of sp³-hybridized carbons (Fsp3) is 0.263. The Balaban J connectivity index is 1.75. The van der Waals surface area contributed by atoms with E-state index in [2.05, 4.69) is 4.72 Å². The van der Waals surface area contributed by atoms with E-state index in [9.17, 15) is 18.0 Å². The third kappa shape index (κ3) is 3.12. The van der Waals surface area contributed by atoms with Gasteiger partial charge in [-0.3, -0.25) is 14.3 Å². The fourth-order valence-electron chi connectivity index (χ4n) is 3.50. The molecule has 0 fully saturated rings. The van der Waals surface area contributed by atoms with Gasteiger partial charge in [0.25, 0.3) is 10.0 Å². The molecule has 140 valence electrons. The zero-order chi connectivity index (χ0) is 19.3. The number of carbonyl (C=O) groups is 2. The average Bonchev–Trinajstić information content (AvgIpc) is 2.92. The smallest absolute Gasteiger partial charge is 0.262 e. The minimum atomic E-state index is -3.89. The number of amides is 1. The number of anilines is 2. The van der Waals surface area contributed by atoms with Crippen molar-refractivity contribution in [3.05, 3.63) is 47.5 Å². The van der Waals surface area contributed by atoms with Crippen LogP contribution in [0.1, 0.15) is 29.8 Å². The van der Waals surface area contributed by atoms with Crippen molar-refractivity contribution < 1.29 is 18.0 Å². The van der Waals surface area contributed by atoms with E-state index in [1.165, 1.54) is 13.0 Å². The summed E-state index contributed by atoms with van der Waals surface area (Å²) in [5, 5.41) is 0.266. The first-order valence-electron chi connectivity index (χ1n) is 8.53. The third-order valence-electron chi connectivity index (χ3n) is 4.68. The van der Waals surface area contributed by atoms with Gasteiger partial charge >= 0.3 is 0 Å². The van der Waals surface area contributed by atoms with Crippen molar-refractivity contribution in [2.24, 2.45) is 0 Å². The highest BCUT2D eigenvalue weighted by atomic mass is 32.2. The van der Waals surface area contributed by atoms with E-state index in [4.69, 9.17) is 0 Å². The Hall–Kier alpha value is -2.32. The summed E-state index contributed by atoms with van der Waals surface area (Å²) in [6.07, 6.45) is 0.0835. The van der Waals surface area contributed by atoms with Crippen LogP contribution in [0.25, 0.3) is 0 Å². The molecule has 0 saturated carbocycles. The van der Waals surface area contributed by atoms with Gasteiger partial charge in [0.05, 0.1) is 17.0 Å². The van der Waals surface area contributed by atoms with Crippen LogP contribution in [0.15, 0.2) is 46.2 Å². The maximum atomic E-state index is 13.0. The molecule has 0 saturated heterocycles. The van der Waals surface area contributed by atoms with E-state index in [0.717, 1.165) is 10.6 Å². The van der Waals surface area contributed by atoms with Gasteiger partial charge in [-0.05, 0) is 31.2 Å². The van der Waals surface area contributed by atoms with Crippen molar-refractivity contribution in [1.82, 2.24) is 0 Å². The van der Waals surface area contributed by atoms with E-state index in [0.29, 0.717) is 23.4 Å². The van der Waals surface area contributed by atoms with Crippen LogP contribution in [0.4, 0.5) is 11.4 Å². The molecule has 1 unspecified atom stereocenters. The van der Waals surface area contributed by atoms with Crippen LogP contribution in [-0.4, -0.2) is 31.9 Å². The lowest BCUT2D eigenvalue weighted by atomic mass is 10.1. The SMILES string of the molecule is CC(=O)c1cccc(NS(=O)(=O)c2ccc3c4c2CC(=O)N4CC(C)S3)c1. The minimum absolute atomic E-state index is 0.0698. The van der Waals surface area contributed by atoms with Crippen molar-refractivity contribution in [3.63, 3.8) is 0 Å². The van der Waals surface area contributed by atoms with Gasteiger partial charge in [0.15, 0.2) is 5.78 Å². The second kappa shape index (κ2) is 6.38. The highest BCUT2D eigenvalue weighted by molar-refractivity contribution is 8.00. The predicted molar refractivity (Wildman–Crippen MR) is 105 cm³/mol. The second-order valence-electron chi connectivity index (χ2n) is 6.74. The normalized spacial score (nSPS) is 18.4. The van der Waals surface area contributed by atoms with Crippen LogP contribution in [0.5, 0.6) is 0 Å². The number of nitrogens with zero attached hydrogens (tertiary/aromatic N) is 1. The number of hydrogen-bond donors (Lipinski definition) is 1. The molecule has 8 heteroatoms. The van der Waals surface area contributed by atoms with Crippen LogP contribution in [0.2, 0.25) is 0 Å². The van der Waals surface area contributed by atoms with Gasteiger partial charge < -0.3 is 4.90 Å². The van der Waals surface area contributed by atoms with E-state index >= 15 is 0 Å². The van der Waals surface area contributed by atoms with Gasteiger partial charge in [-0.15, -0.1) is 11.8 Å². The largest absolute Gasteiger partial charge is 0.310 e. The van der Waals surface area contributed by atoms with Crippen molar-refractivity contribution in [2.45, 2.75) is 35.3 Å². The number of hydrogen-bond acceptors (Lipinski definition) is 5. The Morgan fingerprint density at radius 2 is 2.04 bits per heavy atom. The third-order valence-corrected chi connectivity index (χ3v) is 7.28. The number of carbonyl (C=O) groups excluding carboxylic acids is 2. The van der Waals surface area contributed by atoms with Crippen molar-refractivity contribution in [1.29, 1.82) is 0 Å². The molecule has 2 heterocycles. The standard InChI is InChI=1S/C19H18N2O4S2/c1-11-10-21-18(23)9-15-17(7-6-16(26-11)19(15)21)27(24,25)20-14-5-3-4-13(8-14)12(2)22/h3-8,11,20H,9-10H2,1-2H3. The molecule has 0 aromatic heterocycles. The zero-order valence-corrected chi connectivity index (χ0v) is 16.5. The molecule has 1 atom stereocenters. The van der Waals surface area contributed by atoms with E-state index in [-0.39, 0.29) is 28.3 Å². The summed E-state index contributed by atoms with van der Waals surface area (Å²) in [5.74, 6) is -0.213. The topological polar surface area (TPSA) is 83.5 Å². The van der Waals surface area contributed by atoms with E-state index < -0.39 is 10.0 Å².